The summed E-state index contributed by atoms with van der Waals surface area (Å²) >= 11 is 0. The van der Waals surface area contributed by atoms with Crippen LogP contribution >= 0.6 is 0 Å². The van der Waals surface area contributed by atoms with Crippen LogP contribution in [0.15, 0.2) is 24.3 Å². The molecule has 1 aromatic rings. The minimum Gasteiger partial charge on any atom is -0.384 e. The fraction of sp³-hybridized carbons (Fsp3) is 0.500. The summed E-state index contributed by atoms with van der Waals surface area (Å²) in [5.41, 5.74) is 2.23. The minimum atomic E-state index is -0.517. The highest BCUT2D eigenvalue weighted by Crippen LogP contribution is 2.24. The molecule has 1 aliphatic heterocycles. The van der Waals surface area contributed by atoms with Crippen LogP contribution in [0.2, 0.25) is 0 Å². The van der Waals surface area contributed by atoms with E-state index in [1.54, 1.807) is 6.92 Å². The second-order valence-corrected chi connectivity index (χ2v) is 5.83. The molecule has 0 bridgehead atoms. The van der Waals surface area contributed by atoms with Crippen molar-refractivity contribution in [2.45, 2.75) is 39.3 Å². The molecule has 0 fully saturated rings. The quantitative estimate of drug-likeness (QED) is 0.782. The smallest absolute Gasteiger partial charge is 0.242 e. The van der Waals surface area contributed by atoms with Crippen molar-refractivity contribution in [3.05, 3.63) is 29.8 Å². The first-order chi connectivity index (χ1) is 9.97. The summed E-state index contributed by atoms with van der Waals surface area (Å²) < 4.78 is 0. The molecule has 1 aromatic carbocycles. The Labute approximate surface area is 125 Å². The fourth-order valence-electron chi connectivity index (χ4n) is 2.43. The lowest BCUT2D eigenvalue weighted by molar-refractivity contribution is -0.130. The third-order valence-electron chi connectivity index (χ3n) is 3.58. The Bertz CT molecular complexity index is 528. The number of para-hydroxylation sites is 1. The maximum absolute atomic E-state index is 12.3. The van der Waals surface area contributed by atoms with Gasteiger partial charge in [-0.05, 0) is 38.8 Å². The summed E-state index contributed by atoms with van der Waals surface area (Å²) in [7, 11) is 0. The van der Waals surface area contributed by atoms with Crippen LogP contribution in [0.4, 0.5) is 5.69 Å². The van der Waals surface area contributed by atoms with Gasteiger partial charge in [-0.2, -0.15) is 0 Å². The number of benzene rings is 1. The molecule has 0 saturated heterocycles. The standard InChI is InChI=1S/C16H23N3O2/c1-10(2)18-15(20)11(3)19-16(21)13-8-12-6-4-5-7-14(12)17-9-13/h4-7,10-11,13,17H,8-9H2,1-3H3,(H,18,20)(H,19,21). The van der Waals surface area contributed by atoms with Gasteiger partial charge in [0.2, 0.25) is 11.8 Å². The monoisotopic (exact) mass is 289 g/mol. The van der Waals surface area contributed by atoms with Crippen molar-refractivity contribution in [2.24, 2.45) is 5.92 Å². The zero-order valence-corrected chi connectivity index (χ0v) is 12.8. The number of fused-ring (bicyclic) bond motifs is 1. The van der Waals surface area contributed by atoms with Gasteiger partial charge >= 0.3 is 0 Å². The van der Waals surface area contributed by atoms with Crippen molar-refractivity contribution in [1.82, 2.24) is 10.6 Å². The maximum Gasteiger partial charge on any atom is 0.242 e. The van der Waals surface area contributed by atoms with Gasteiger partial charge < -0.3 is 16.0 Å². The molecule has 3 N–H and O–H groups in total. The molecule has 0 aromatic heterocycles. The van der Waals surface area contributed by atoms with Crippen LogP contribution < -0.4 is 16.0 Å². The molecule has 0 saturated carbocycles. The number of nitrogens with one attached hydrogen (secondary N) is 3. The topological polar surface area (TPSA) is 70.2 Å². The van der Waals surface area contributed by atoms with E-state index in [9.17, 15) is 9.59 Å². The molecule has 1 aliphatic rings. The molecule has 5 nitrogen and oxygen atoms in total. The van der Waals surface area contributed by atoms with Crippen LogP contribution in [-0.2, 0) is 16.0 Å². The summed E-state index contributed by atoms with van der Waals surface area (Å²) in [6, 6.07) is 7.54. The zero-order chi connectivity index (χ0) is 15.4. The average molecular weight is 289 g/mol. The van der Waals surface area contributed by atoms with Crippen LogP contribution in [0.5, 0.6) is 0 Å². The summed E-state index contributed by atoms with van der Waals surface area (Å²) in [5, 5.41) is 8.86. The lowest BCUT2D eigenvalue weighted by atomic mass is 9.93. The average Bonchev–Trinajstić information content (AvgIpc) is 2.45. The zero-order valence-electron chi connectivity index (χ0n) is 12.8. The predicted molar refractivity (Wildman–Crippen MR) is 83.0 cm³/mol. The largest absolute Gasteiger partial charge is 0.384 e. The SMILES string of the molecule is CC(C)NC(=O)C(C)NC(=O)C1CNc2ccccc2C1. The molecule has 2 unspecified atom stereocenters. The number of carbonyl (C=O) groups is 2. The lowest BCUT2D eigenvalue weighted by Crippen LogP contribution is -2.49. The van der Waals surface area contributed by atoms with Gasteiger partial charge in [-0.25, -0.2) is 0 Å². The van der Waals surface area contributed by atoms with E-state index < -0.39 is 6.04 Å². The second-order valence-electron chi connectivity index (χ2n) is 5.83. The van der Waals surface area contributed by atoms with Gasteiger partial charge in [0.1, 0.15) is 6.04 Å². The van der Waals surface area contributed by atoms with Crippen molar-refractivity contribution in [3.63, 3.8) is 0 Å². The maximum atomic E-state index is 12.3. The summed E-state index contributed by atoms with van der Waals surface area (Å²) in [4.78, 5) is 24.1. The van der Waals surface area contributed by atoms with E-state index in [0.29, 0.717) is 13.0 Å². The molecule has 0 spiro atoms. The summed E-state index contributed by atoms with van der Waals surface area (Å²) in [6.07, 6.45) is 0.702. The van der Waals surface area contributed by atoms with Crippen LogP contribution in [0.1, 0.15) is 26.3 Å². The highest BCUT2D eigenvalue weighted by Gasteiger charge is 2.26. The number of hydrogen-bond acceptors (Lipinski definition) is 3. The fourth-order valence-corrected chi connectivity index (χ4v) is 2.43. The van der Waals surface area contributed by atoms with E-state index >= 15 is 0 Å². The Morgan fingerprint density at radius 2 is 1.90 bits per heavy atom. The minimum absolute atomic E-state index is 0.0695. The van der Waals surface area contributed by atoms with Gasteiger partial charge in [0, 0.05) is 18.3 Å². The molecule has 21 heavy (non-hydrogen) atoms. The summed E-state index contributed by atoms with van der Waals surface area (Å²) in [5.74, 6) is -0.375. The van der Waals surface area contributed by atoms with Crippen LogP contribution in [-0.4, -0.2) is 30.4 Å². The van der Waals surface area contributed by atoms with Gasteiger partial charge in [-0.15, -0.1) is 0 Å². The van der Waals surface area contributed by atoms with Gasteiger partial charge in [0.25, 0.3) is 0 Å². The van der Waals surface area contributed by atoms with Gasteiger partial charge in [-0.3, -0.25) is 9.59 Å². The molecule has 2 atom stereocenters. The molecular weight excluding hydrogens is 266 g/mol. The number of carbonyl (C=O) groups excluding carboxylic acids is 2. The van der Waals surface area contributed by atoms with Crippen molar-refractivity contribution < 1.29 is 9.59 Å². The number of anilines is 1. The van der Waals surface area contributed by atoms with Crippen LogP contribution in [0, 0.1) is 5.92 Å². The molecule has 0 aliphatic carbocycles. The molecule has 2 rings (SSSR count). The van der Waals surface area contributed by atoms with Crippen molar-refractivity contribution in [3.8, 4) is 0 Å². The van der Waals surface area contributed by atoms with Crippen molar-refractivity contribution in [2.75, 3.05) is 11.9 Å². The Hall–Kier alpha value is -2.04. The van der Waals surface area contributed by atoms with Crippen molar-refractivity contribution in [1.29, 1.82) is 0 Å². The van der Waals surface area contributed by atoms with E-state index in [1.165, 1.54) is 0 Å². The normalized spacial score (nSPS) is 18.4. The first-order valence-electron chi connectivity index (χ1n) is 7.40. The third kappa shape index (κ3) is 3.97. The molecule has 114 valence electrons. The first-order valence-corrected chi connectivity index (χ1v) is 7.40. The van der Waals surface area contributed by atoms with Gasteiger partial charge in [-0.1, -0.05) is 18.2 Å². The molecule has 0 radical (unpaired) electrons. The Morgan fingerprint density at radius 1 is 1.19 bits per heavy atom. The predicted octanol–water partition coefficient (Wildman–Crippen LogP) is 1.30. The number of hydrogen-bond donors (Lipinski definition) is 3. The van der Waals surface area contributed by atoms with Gasteiger partial charge in [0.15, 0.2) is 0 Å². The highest BCUT2D eigenvalue weighted by molar-refractivity contribution is 5.89. The lowest BCUT2D eigenvalue weighted by Gasteiger charge is -2.26. The van der Waals surface area contributed by atoms with E-state index in [-0.39, 0.29) is 23.8 Å². The van der Waals surface area contributed by atoms with E-state index in [1.807, 2.05) is 38.1 Å². The van der Waals surface area contributed by atoms with E-state index in [4.69, 9.17) is 0 Å². The molecule has 5 heteroatoms. The van der Waals surface area contributed by atoms with Crippen LogP contribution in [0.25, 0.3) is 0 Å². The highest BCUT2D eigenvalue weighted by atomic mass is 16.2. The second kappa shape index (κ2) is 6.61. The first kappa shape index (κ1) is 15.4. The Morgan fingerprint density at radius 3 is 2.62 bits per heavy atom. The number of rotatable bonds is 4. The Balaban J connectivity index is 1.91. The summed E-state index contributed by atoms with van der Waals surface area (Å²) in [6.45, 7) is 6.10. The molecule has 1 heterocycles. The van der Waals surface area contributed by atoms with E-state index in [0.717, 1.165) is 11.3 Å². The van der Waals surface area contributed by atoms with Gasteiger partial charge in [0.05, 0.1) is 5.92 Å². The van der Waals surface area contributed by atoms with Crippen LogP contribution in [0.3, 0.4) is 0 Å². The molecule has 2 amide bonds. The number of amides is 2. The molecular formula is C16H23N3O2. The Kier molecular flexibility index (Phi) is 4.83. The third-order valence-corrected chi connectivity index (χ3v) is 3.58. The van der Waals surface area contributed by atoms with Crippen molar-refractivity contribution >= 4 is 17.5 Å². The van der Waals surface area contributed by atoms with E-state index in [2.05, 4.69) is 16.0 Å².